The molecule has 2 N–H and O–H groups in total. The molecule has 118 valence electrons. The number of likely N-dealkylation sites (N-methyl/N-ethyl adjacent to an activating group) is 1. The monoisotopic (exact) mass is 296 g/mol. The average Bonchev–Trinajstić information content (AvgIpc) is 2.54. The summed E-state index contributed by atoms with van der Waals surface area (Å²) in [6.07, 6.45) is 5.23. The lowest BCUT2D eigenvalue weighted by Gasteiger charge is -2.46. The van der Waals surface area contributed by atoms with Crippen LogP contribution in [0.25, 0.3) is 0 Å². The molecule has 1 aromatic carbocycles. The van der Waals surface area contributed by atoms with Gasteiger partial charge in [0.15, 0.2) is 0 Å². The normalized spacial score (nSPS) is 18.9. The Morgan fingerprint density at radius 2 is 1.76 bits per heavy atom. The Bertz CT molecular complexity index is 428. The fraction of sp³-hybridized carbons (Fsp3) is 0.647. The van der Waals surface area contributed by atoms with Crippen molar-refractivity contribution >= 4 is 0 Å². The molecule has 2 nitrogen and oxygen atoms in total. The molecule has 0 unspecified atom stereocenters. The maximum absolute atomic E-state index is 14.6. The second-order valence-corrected chi connectivity index (χ2v) is 6.07. The Hall–Kier alpha value is -1.00. The molecule has 0 aromatic heterocycles. The maximum atomic E-state index is 14.6. The van der Waals surface area contributed by atoms with Crippen LogP contribution < -0.4 is 5.73 Å². The third kappa shape index (κ3) is 3.61. The number of rotatable bonds is 6. The van der Waals surface area contributed by atoms with Crippen molar-refractivity contribution in [2.45, 2.75) is 50.5 Å². The van der Waals surface area contributed by atoms with E-state index < -0.39 is 5.92 Å². The molecule has 0 atom stereocenters. The van der Waals surface area contributed by atoms with Gasteiger partial charge in [-0.05, 0) is 19.4 Å². The van der Waals surface area contributed by atoms with Gasteiger partial charge in [0.1, 0.15) is 0 Å². The zero-order valence-electron chi connectivity index (χ0n) is 12.8. The van der Waals surface area contributed by atoms with Crippen molar-refractivity contribution in [3.63, 3.8) is 0 Å². The lowest BCUT2D eigenvalue weighted by molar-refractivity contribution is -0.0726. The van der Waals surface area contributed by atoms with Crippen LogP contribution in [0.2, 0.25) is 0 Å². The van der Waals surface area contributed by atoms with Gasteiger partial charge in [-0.2, -0.15) is 8.78 Å². The number of alkyl halides is 2. The van der Waals surface area contributed by atoms with Crippen LogP contribution in [0.4, 0.5) is 8.78 Å². The number of nitrogens with two attached hydrogens (primary N) is 1. The van der Waals surface area contributed by atoms with E-state index in [-0.39, 0.29) is 17.6 Å². The summed E-state index contributed by atoms with van der Waals surface area (Å²) in [5, 5.41) is 0. The lowest BCUT2D eigenvalue weighted by atomic mass is 9.80. The lowest BCUT2D eigenvalue weighted by Crippen LogP contribution is -2.57. The van der Waals surface area contributed by atoms with E-state index in [9.17, 15) is 8.78 Å². The van der Waals surface area contributed by atoms with Gasteiger partial charge in [0.25, 0.3) is 5.92 Å². The van der Waals surface area contributed by atoms with Gasteiger partial charge in [-0.15, -0.1) is 0 Å². The fourth-order valence-electron chi connectivity index (χ4n) is 3.49. The van der Waals surface area contributed by atoms with E-state index in [0.717, 1.165) is 25.7 Å². The molecule has 0 aliphatic heterocycles. The second-order valence-electron chi connectivity index (χ2n) is 6.07. The van der Waals surface area contributed by atoms with E-state index in [1.165, 1.54) is 18.6 Å². The van der Waals surface area contributed by atoms with E-state index in [4.69, 9.17) is 5.73 Å². The summed E-state index contributed by atoms with van der Waals surface area (Å²) in [6.45, 7) is 2.78. The molecular weight excluding hydrogens is 270 g/mol. The number of nitrogens with zero attached hydrogens (tertiary/aromatic N) is 1. The summed E-state index contributed by atoms with van der Waals surface area (Å²) in [5.41, 5.74) is 5.83. The molecule has 1 aliphatic carbocycles. The molecule has 0 bridgehead atoms. The highest BCUT2D eigenvalue weighted by Crippen LogP contribution is 2.37. The van der Waals surface area contributed by atoms with E-state index >= 15 is 0 Å². The number of benzene rings is 1. The SMILES string of the molecule is CCN(CC(F)(F)c1ccccc1)C1(CN)CCCCC1. The molecule has 2 rings (SSSR count). The molecule has 0 heterocycles. The van der Waals surface area contributed by atoms with Crippen LogP contribution >= 0.6 is 0 Å². The maximum Gasteiger partial charge on any atom is 0.285 e. The quantitative estimate of drug-likeness (QED) is 0.866. The topological polar surface area (TPSA) is 29.3 Å². The molecule has 1 aliphatic rings. The Kier molecular flexibility index (Phi) is 5.33. The Morgan fingerprint density at radius 3 is 2.29 bits per heavy atom. The van der Waals surface area contributed by atoms with Crippen molar-refractivity contribution in [1.82, 2.24) is 4.90 Å². The molecule has 0 spiro atoms. The van der Waals surface area contributed by atoms with Crippen LogP contribution in [0.5, 0.6) is 0 Å². The molecule has 1 aromatic rings. The van der Waals surface area contributed by atoms with E-state index in [0.29, 0.717) is 13.1 Å². The Morgan fingerprint density at radius 1 is 1.14 bits per heavy atom. The predicted molar refractivity (Wildman–Crippen MR) is 82.5 cm³/mol. The zero-order valence-corrected chi connectivity index (χ0v) is 12.8. The Labute approximate surface area is 126 Å². The van der Waals surface area contributed by atoms with E-state index in [1.807, 2.05) is 11.8 Å². The highest BCUT2D eigenvalue weighted by molar-refractivity contribution is 5.20. The van der Waals surface area contributed by atoms with Gasteiger partial charge in [0.05, 0.1) is 6.54 Å². The van der Waals surface area contributed by atoms with Crippen molar-refractivity contribution in [2.24, 2.45) is 5.73 Å². The summed E-state index contributed by atoms with van der Waals surface area (Å²) < 4.78 is 29.1. The zero-order chi connectivity index (χ0) is 15.3. The molecule has 1 fully saturated rings. The first-order valence-corrected chi connectivity index (χ1v) is 7.92. The summed E-state index contributed by atoms with van der Waals surface area (Å²) in [5.74, 6) is -2.84. The minimum absolute atomic E-state index is 0.0893. The highest BCUT2D eigenvalue weighted by Gasteiger charge is 2.42. The van der Waals surface area contributed by atoms with Gasteiger partial charge in [0.2, 0.25) is 0 Å². The van der Waals surface area contributed by atoms with Crippen LogP contribution in [0, 0.1) is 0 Å². The van der Waals surface area contributed by atoms with Crippen molar-refractivity contribution in [1.29, 1.82) is 0 Å². The standard InChI is InChI=1S/C17H26F2N2/c1-2-21(16(13-20)11-7-4-8-12-16)14-17(18,19)15-9-5-3-6-10-15/h3,5-6,9-10H,2,4,7-8,11-14,20H2,1H3. The summed E-state index contributed by atoms with van der Waals surface area (Å²) in [7, 11) is 0. The van der Waals surface area contributed by atoms with E-state index in [1.54, 1.807) is 18.2 Å². The smallest absolute Gasteiger partial charge is 0.285 e. The number of halogens is 2. The van der Waals surface area contributed by atoms with Gasteiger partial charge in [-0.25, -0.2) is 0 Å². The molecular formula is C17H26F2N2. The van der Waals surface area contributed by atoms with Crippen LogP contribution in [0.3, 0.4) is 0 Å². The van der Waals surface area contributed by atoms with Crippen LogP contribution in [0.1, 0.15) is 44.6 Å². The molecule has 1 saturated carbocycles. The summed E-state index contributed by atoms with van der Waals surface area (Å²) >= 11 is 0. The Balaban J connectivity index is 2.17. The van der Waals surface area contributed by atoms with Crippen LogP contribution in [0.15, 0.2) is 30.3 Å². The van der Waals surface area contributed by atoms with Gasteiger partial charge in [0, 0.05) is 17.6 Å². The fourth-order valence-corrected chi connectivity index (χ4v) is 3.49. The van der Waals surface area contributed by atoms with Gasteiger partial charge >= 0.3 is 0 Å². The molecule has 0 amide bonds. The van der Waals surface area contributed by atoms with Gasteiger partial charge in [-0.3, -0.25) is 4.90 Å². The third-order valence-electron chi connectivity index (χ3n) is 4.80. The van der Waals surface area contributed by atoms with Crippen molar-refractivity contribution < 1.29 is 8.78 Å². The van der Waals surface area contributed by atoms with Crippen molar-refractivity contribution in [3.8, 4) is 0 Å². The average molecular weight is 296 g/mol. The first kappa shape index (κ1) is 16.4. The molecule has 0 radical (unpaired) electrons. The van der Waals surface area contributed by atoms with Gasteiger partial charge < -0.3 is 5.73 Å². The van der Waals surface area contributed by atoms with E-state index in [2.05, 4.69) is 0 Å². The molecule has 21 heavy (non-hydrogen) atoms. The third-order valence-corrected chi connectivity index (χ3v) is 4.80. The van der Waals surface area contributed by atoms with Crippen LogP contribution in [-0.2, 0) is 5.92 Å². The van der Waals surface area contributed by atoms with Crippen molar-refractivity contribution in [3.05, 3.63) is 35.9 Å². The molecule has 0 saturated heterocycles. The summed E-state index contributed by atoms with van der Waals surface area (Å²) in [4.78, 5) is 1.92. The molecule has 4 heteroatoms. The first-order chi connectivity index (χ1) is 10.0. The number of hydrogen-bond acceptors (Lipinski definition) is 2. The number of hydrogen-bond donors (Lipinski definition) is 1. The van der Waals surface area contributed by atoms with Crippen molar-refractivity contribution in [2.75, 3.05) is 19.6 Å². The minimum Gasteiger partial charge on any atom is -0.329 e. The van der Waals surface area contributed by atoms with Gasteiger partial charge in [-0.1, -0.05) is 56.5 Å². The highest BCUT2D eigenvalue weighted by atomic mass is 19.3. The van der Waals surface area contributed by atoms with Crippen LogP contribution in [-0.4, -0.2) is 30.1 Å². The predicted octanol–water partition coefficient (Wildman–Crippen LogP) is 3.76. The first-order valence-electron chi connectivity index (χ1n) is 7.92. The summed E-state index contributed by atoms with van der Waals surface area (Å²) in [6, 6.07) is 8.10. The largest absolute Gasteiger partial charge is 0.329 e. The minimum atomic E-state index is -2.84. The second kappa shape index (κ2) is 6.84.